The average molecular weight is 258 g/mol. The third-order valence-corrected chi connectivity index (χ3v) is 4.05. The van der Waals surface area contributed by atoms with E-state index in [0.29, 0.717) is 31.2 Å². The van der Waals surface area contributed by atoms with Gasteiger partial charge in [0.15, 0.2) is 0 Å². The van der Waals surface area contributed by atoms with Gasteiger partial charge in [0.05, 0.1) is 13.2 Å². The molecule has 0 amide bonds. The van der Waals surface area contributed by atoms with Crippen molar-refractivity contribution in [2.45, 2.75) is 32.1 Å². The molecule has 4 nitrogen and oxygen atoms in total. The first-order valence-electron chi connectivity index (χ1n) is 6.85. The topological polar surface area (TPSA) is 68.3 Å². The average Bonchev–Trinajstić information content (AvgIpc) is 3.03. The molecular formula is C15H18N2O2. The standard InChI is InChI=1S/C15H18N2O2/c1-9(2-5-16)13-11-4-7-18-14(11)12(8-17)10-3-6-19-15(10)13/h9H,2-7,16H2,1H3. The summed E-state index contributed by atoms with van der Waals surface area (Å²) in [6.07, 6.45) is 2.59. The lowest BCUT2D eigenvalue weighted by Gasteiger charge is -2.19. The molecule has 2 N–H and O–H groups in total. The number of hydrogen-bond donors (Lipinski definition) is 1. The van der Waals surface area contributed by atoms with Gasteiger partial charge in [-0.15, -0.1) is 0 Å². The quantitative estimate of drug-likeness (QED) is 0.898. The zero-order valence-electron chi connectivity index (χ0n) is 11.2. The molecule has 1 aromatic rings. The fourth-order valence-electron chi connectivity index (χ4n) is 3.18. The Kier molecular flexibility index (Phi) is 3.08. The normalized spacial score (nSPS) is 17.1. The van der Waals surface area contributed by atoms with Crippen LogP contribution in [0.15, 0.2) is 0 Å². The van der Waals surface area contributed by atoms with E-state index in [0.717, 1.165) is 41.9 Å². The Labute approximate surface area is 113 Å². The van der Waals surface area contributed by atoms with Crippen molar-refractivity contribution in [3.8, 4) is 17.6 Å². The van der Waals surface area contributed by atoms with Crippen molar-refractivity contribution in [3.63, 3.8) is 0 Å². The predicted octanol–water partition coefficient (Wildman–Crippen LogP) is 1.88. The highest BCUT2D eigenvalue weighted by Gasteiger charge is 2.33. The number of nitrogens with two attached hydrogens (primary N) is 1. The molecular weight excluding hydrogens is 240 g/mol. The number of benzene rings is 1. The minimum Gasteiger partial charge on any atom is -0.493 e. The largest absolute Gasteiger partial charge is 0.493 e. The molecule has 0 spiro atoms. The van der Waals surface area contributed by atoms with Crippen molar-refractivity contribution in [2.75, 3.05) is 19.8 Å². The van der Waals surface area contributed by atoms with E-state index in [4.69, 9.17) is 15.2 Å². The molecule has 0 radical (unpaired) electrons. The van der Waals surface area contributed by atoms with E-state index in [2.05, 4.69) is 13.0 Å². The summed E-state index contributed by atoms with van der Waals surface area (Å²) < 4.78 is 11.5. The van der Waals surface area contributed by atoms with Crippen LogP contribution in [-0.2, 0) is 12.8 Å². The van der Waals surface area contributed by atoms with Crippen molar-refractivity contribution in [2.24, 2.45) is 5.73 Å². The van der Waals surface area contributed by atoms with E-state index in [1.54, 1.807) is 0 Å². The van der Waals surface area contributed by atoms with Crippen molar-refractivity contribution >= 4 is 0 Å². The monoisotopic (exact) mass is 258 g/mol. The van der Waals surface area contributed by atoms with Gasteiger partial charge in [0.2, 0.25) is 0 Å². The Balaban J connectivity index is 2.22. The number of ether oxygens (including phenoxy) is 2. The fourth-order valence-corrected chi connectivity index (χ4v) is 3.18. The van der Waals surface area contributed by atoms with E-state index in [9.17, 15) is 5.26 Å². The first kappa shape index (κ1) is 12.3. The van der Waals surface area contributed by atoms with Gasteiger partial charge in [-0.2, -0.15) is 5.26 Å². The van der Waals surface area contributed by atoms with Crippen molar-refractivity contribution < 1.29 is 9.47 Å². The Morgan fingerprint density at radius 2 is 1.89 bits per heavy atom. The fraction of sp³-hybridized carbons (Fsp3) is 0.533. The highest BCUT2D eigenvalue weighted by molar-refractivity contribution is 5.66. The number of fused-ring (bicyclic) bond motifs is 2. The molecule has 1 unspecified atom stereocenters. The maximum Gasteiger partial charge on any atom is 0.141 e. The van der Waals surface area contributed by atoms with Crippen molar-refractivity contribution in [3.05, 3.63) is 22.3 Å². The van der Waals surface area contributed by atoms with Crippen LogP contribution in [0.3, 0.4) is 0 Å². The van der Waals surface area contributed by atoms with Gasteiger partial charge in [-0.1, -0.05) is 6.92 Å². The summed E-state index contributed by atoms with van der Waals surface area (Å²) in [7, 11) is 0. The van der Waals surface area contributed by atoms with Gasteiger partial charge in [-0.25, -0.2) is 0 Å². The first-order chi connectivity index (χ1) is 9.27. The van der Waals surface area contributed by atoms with Gasteiger partial charge in [0, 0.05) is 29.5 Å². The molecule has 0 saturated heterocycles. The number of hydrogen-bond acceptors (Lipinski definition) is 4. The molecule has 4 heteroatoms. The van der Waals surface area contributed by atoms with Crippen LogP contribution in [0, 0.1) is 11.3 Å². The third kappa shape index (κ3) is 1.77. The summed E-state index contributed by atoms with van der Waals surface area (Å²) in [6.45, 7) is 4.16. The predicted molar refractivity (Wildman–Crippen MR) is 71.6 cm³/mol. The molecule has 0 aliphatic carbocycles. The second-order valence-electron chi connectivity index (χ2n) is 5.19. The minimum atomic E-state index is 0.347. The molecule has 0 saturated carbocycles. The number of rotatable bonds is 3. The SMILES string of the molecule is CC(CCN)c1c2c(c(C#N)c3c1OCC3)OCC2. The van der Waals surface area contributed by atoms with E-state index in [1.807, 2.05) is 0 Å². The van der Waals surface area contributed by atoms with Crippen LogP contribution in [0.2, 0.25) is 0 Å². The highest BCUT2D eigenvalue weighted by Crippen LogP contribution is 2.47. The van der Waals surface area contributed by atoms with Crippen LogP contribution in [0.1, 0.15) is 41.5 Å². The van der Waals surface area contributed by atoms with Crippen LogP contribution in [0.5, 0.6) is 11.5 Å². The van der Waals surface area contributed by atoms with Crippen LogP contribution >= 0.6 is 0 Å². The molecule has 2 aliphatic heterocycles. The molecule has 19 heavy (non-hydrogen) atoms. The molecule has 1 aromatic carbocycles. The highest BCUT2D eigenvalue weighted by atomic mass is 16.5. The zero-order chi connectivity index (χ0) is 13.4. The Morgan fingerprint density at radius 1 is 1.21 bits per heavy atom. The first-order valence-corrected chi connectivity index (χ1v) is 6.85. The second kappa shape index (κ2) is 4.75. The van der Waals surface area contributed by atoms with Gasteiger partial charge in [0.1, 0.15) is 23.1 Å². The maximum absolute atomic E-state index is 9.39. The molecule has 2 heterocycles. The van der Waals surface area contributed by atoms with E-state index >= 15 is 0 Å². The van der Waals surface area contributed by atoms with Crippen LogP contribution < -0.4 is 15.2 Å². The van der Waals surface area contributed by atoms with Crippen LogP contribution in [-0.4, -0.2) is 19.8 Å². The van der Waals surface area contributed by atoms with E-state index in [1.165, 1.54) is 5.56 Å². The lowest BCUT2D eigenvalue weighted by molar-refractivity contribution is 0.350. The molecule has 0 fully saturated rings. The van der Waals surface area contributed by atoms with E-state index in [-0.39, 0.29) is 0 Å². The van der Waals surface area contributed by atoms with Gasteiger partial charge < -0.3 is 15.2 Å². The van der Waals surface area contributed by atoms with Gasteiger partial charge in [-0.3, -0.25) is 0 Å². The summed E-state index contributed by atoms with van der Waals surface area (Å²) in [6, 6.07) is 2.30. The number of nitriles is 1. The van der Waals surface area contributed by atoms with Gasteiger partial charge >= 0.3 is 0 Å². The maximum atomic E-state index is 9.39. The van der Waals surface area contributed by atoms with Crippen LogP contribution in [0.25, 0.3) is 0 Å². The zero-order valence-corrected chi connectivity index (χ0v) is 11.2. The van der Waals surface area contributed by atoms with Crippen LogP contribution in [0.4, 0.5) is 0 Å². The summed E-state index contributed by atoms with van der Waals surface area (Å²) in [5.41, 5.74) is 9.79. The molecule has 2 aliphatic rings. The lowest BCUT2D eigenvalue weighted by Crippen LogP contribution is -2.08. The smallest absolute Gasteiger partial charge is 0.141 e. The molecule has 0 aromatic heterocycles. The Bertz CT molecular complexity index is 525. The molecule has 0 bridgehead atoms. The Morgan fingerprint density at radius 3 is 2.58 bits per heavy atom. The van der Waals surface area contributed by atoms with E-state index < -0.39 is 0 Å². The molecule has 3 rings (SSSR count). The summed E-state index contributed by atoms with van der Waals surface area (Å²) in [5.74, 6) is 2.08. The van der Waals surface area contributed by atoms with Gasteiger partial charge in [-0.05, 0) is 18.9 Å². The second-order valence-corrected chi connectivity index (χ2v) is 5.19. The summed E-state index contributed by atoms with van der Waals surface area (Å²) in [4.78, 5) is 0. The third-order valence-electron chi connectivity index (χ3n) is 4.05. The Hall–Kier alpha value is -1.73. The van der Waals surface area contributed by atoms with Crippen molar-refractivity contribution in [1.82, 2.24) is 0 Å². The lowest BCUT2D eigenvalue weighted by atomic mass is 9.87. The minimum absolute atomic E-state index is 0.347. The van der Waals surface area contributed by atoms with Crippen molar-refractivity contribution in [1.29, 1.82) is 5.26 Å². The number of nitrogens with zero attached hydrogens (tertiary/aromatic N) is 1. The summed E-state index contributed by atoms with van der Waals surface area (Å²) >= 11 is 0. The molecule has 1 atom stereocenters. The summed E-state index contributed by atoms with van der Waals surface area (Å²) in [5, 5.41) is 9.39. The van der Waals surface area contributed by atoms with Gasteiger partial charge in [0.25, 0.3) is 0 Å². The molecule has 100 valence electrons.